The van der Waals surface area contributed by atoms with Gasteiger partial charge in [-0.3, -0.25) is 9.69 Å². The lowest BCUT2D eigenvalue weighted by atomic mass is 9.68. The highest BCUT2D eigenvalue weighted by Crippen LogP contribution is 2.48. The van der Waals surface area contributed by atoms with E-state index in [2.05, 4.69) is 10.2 Å². The Bertz CT molecular complexity index is 619. The second kappa shape index (κ2) is 9.69. The third-order valence-electron chi connectivity index (χ3n) is 10.0. The van der Waals surface area contributed by atoms with Crippen molar-refractivity contribution in [3.63, 3.8) is 0 Å². The quantitative estimate of drug-likeness (QED) is 0.637. The maximum absolute atomic E-state index is 13.6. The van der Waals surface area contributed by atoms with Crippen molar-refractivity contribution in [1.29, 1.82) is 0 Å². The van der Waals surface area contributed by atoms with Crippen LogP contribution in [0.5, 0.6) is 0 Å². The Labute approximate surface area is 189 Å². The van der Waals surface area contributed by atoms with Gasteiger partial charge in [0.25, 0.3) is 0 Å². The minimum atomic E-state index is 0.0901. The summed E-state index contributed by atoms with van der Waals surface area (Å²) in [5.74, 6) is 3.54. The van der Waals surface area contributed by atoms with Crippen molar-refractivity contribution in [2.75, 3.05) is 6.54 Å². The van der Waals surface area contributed by atoms with E-state index in [0.717, 1.165) is 50.5 Å². The van der Waals surface area contributed by atoms with Gasteiger partial charge in [-0.15, -0.1) is 0 Å². The van der Waals surface area contributed by atoms with Crippen LogP contribution in [0.1, 0.15) is 96.3 Å². The van der Waals surface area contributed by atoms with Crippen LogP contribution in [0.4, 0.5) is 0 Å². The average molecular weight is 431 g/mol. The summed E-state index contributed by atoms with van der Waals surface area (Å²) in [6.45, 7) is 0.811. The van der Waals surface area contributed by atoms with Crippen molar-refractivity contribution < 1.29 is 4.79 Å². The van der Waals surface area contributed by atoms with E-state index in [1.54, 1.807) is 0 Å². The molecule has 5 fully saturated rings. The van der Waals surface area contributed by atoms with Crippen LogP contribution < -0.4 is 16.8 Å². The first-order valence-electron chi connectivity index (χ1n) is 13.7. The average Bonchev–Trinajstić information content (AvgIpc) is 3.19. The van der Waals surface area contributed by atoms with Crippen LogP contribution >= 0.6 is 0 Å². The molecule has 31 heavy (non-hydrogen) atoms. The summed E-state index contributed by atoms with van der Waals surface area (Å²) in [5.41, 5.74) is 12.2. The predicted molar refractivity (Wildman–Crippen MR) is 125 cm³/mol. The number of amides is 1. The summed E-state index contributed by atoms with van der Waals surface area (Å²) in [7, 11) is 0. The molecule has 176 valence electrons. The van der Waals surface area contributed by atoms with Gasteiger partial charge in [-0.05, 0) is 101 Å². The molecule has 4 saturated carbocycles. The summed E-state index contributed by atoms with van der Waals surface area (Å²) < 4.78 is 0. The fourth-order valence-corrected chi connectivity index (χ4v) is 8.24. The Morgan fingerprint density at radius 1 is 0.806 bits per heavy atom. The molecule has 1 heterocycles. The van der Waals surface area contributed by atoms with Gasteiger partial charge in [-0.2, -0.15) is 0 Å². The van der Waals surface area contributed by atoms with Crippen LogP contribution in [0.3, 0.4) is 0 Å². The zero-order valence-corrected chi connectivity index (χ0v) is 19.5. The maximum Gasteiger partial charge on any atom is 0.237 e. The van der Waals surface area contributed by atoms with Gasteiger partial charge in [0.2, 0.25) is 5.91 Å². The molecule has 0 bridgehead atoms. The molecule has 4 aliphatic carbocycles. The largest absolute Gasteiger partial charge is 0.352 e. The molecule has 1 saturated heterocycles. The molecule has 0 aromatic carbocycles. The number of hydrogen-bond donors (Lipinski definition) is 3. The minimum absolute atomic E-state index is 0.0901. The van der Waals surface area contributed by atoms with Gasteiger partial charge >= 0.3 is 0 Å². The topological polar surface area (TPSA) is 84.4 Å². The number of rotatable bonds is 4. The number of nitrogens with two attached hydrogens (primary N) is 2. The number of hydrogen-bond acceptors (Lipinski definition) is 4. The Balaban J connectivity index is 1.31. The van der Waals surface area contributed by atoms with E-state index in [1.165, 1.54) is 64.2 Å². The van der Waals surface area contributed by atoms with Gasteiger partial charge in [0.1, 0.15) is 0 Å². The van der Waals surface area contributed by atoms with E-state index < -0.39 is 0 Å². The second-order valence-electron chi connectivity index (χ2n) is 11.8. The molecule has 7 unspecified atom stereocenters. The van der Waals surface area contributed by atoms with Gasteiger partial charge in [0.15, 0.2) is 0 Å². The molecule has 5 N–H and O–H groups in total. The van der Waals surface area contributed by atoms with Gasteiger partial charge < -0.3 is 16.8 Å². The van der Waals surface area contributed by atoms with Crippen molar-refractivity contribution in [3.05, 3.63) is 0 Å². The van der Waals surface area contributed by atoms with E-state index in [4.69, 9.17) is 11.5 Å². The van der Waals surface area contributed by atoms with Crippen molar-refractivity contribution >= 4 is 5.91 Å². The van der Waals surface area contributed by atoms with Crippen molar-refractivity contribution in [2.24, 2.45) is 35.1 Å². The predicted octanol–water partition coefficient (Wildman–Crippen LogP) is 3.55. The molecule has 0 spiro atoms. The standard InChI is InChI=1S/C26H46N4O/c27-16-17-5-6-20-15-25(26(31)29-22-10-8-21(28)9-11-22)30(24(20)13-17)23-12-7-18-3-1-2-4-19(18)14-23/h17-25H,1-16,27-28H2,(H,29,31). The van der Waals surface area contributed by atoms with E-state index in [9.17, 15) is 4.79 Å². The minimum Gasteiger partial charge on any atom is -0.352 e. The fraction of sp³-hybridized carbons (Fsp3) is 0.962. The third kappa shape index (κ3) is 4.70. The van der Waals surface area contributed by atoms with E-state index in [0.29, 0.717) is 41.9 Å². The fourth-order valence-electron chi connectivity index (χ4n) is 8.24. The highest BCUT2D eigenvalue weighted by Gasteiger charge is 2.50. The number of likely N-dealkylation sites (tertiary alicyclic amines) is 1. The molecule has 0 radical (unpaired) electrons. The molecular weight excluding hydrogens is 384 g/mol. The first-order valence-corrected chi connectivity index (χ1v) is 13.7. The van der Waals surface area contributed by atoms with Gasteiger partial charge in [0, 0.05) is 24.2 Å². The number of nitrogens with zero attached hydrogens (tertiary/aromatic N) is 1. The van der Waals surface area contributed by atoms with Gasteiger partial charge in [0.05, 0.1) is 6.04 Å². The summed E-state index contributed by atoms with van der Waals surface area (Å²) in [6, 6.07) is 1.96. The van der Waals surface area contributed by atoms with E-state index >= 15 is 0 Å². The van der Waals surface area contributed by atoms with E-state index in [-0.39, 0.29) is 6.04 Å². The monoisotopic (exact) mass is 430 g/mol. The number of nitrogens with one attached hydrogen (secondary N) is 1. The maximum atomic E-state index is 13.6. The molecule has 5 heteroatoms. The molecule has 0 aromatic rings. The van der Waals surface area contributed by atoms with Crippen LogP contribution in [-0.2, 0) is 4.79 Å². The number of carbonyl (C=O) groups is 1. The van der Waals surface area contributed by atoms with Gasteiger partial charge in [-0.1, -0.05) is 25.7 Å². The summed E-state index contributed by atoms with van der Waals surface area (Å²) >= 11 is 0. The molecule has 5 rings (SSSR count). The smallest absolute Gasteiger partial charge is 0.237 e. The lowest BCUT2D eigenvalue weighted by Gasteiger charge is -2.47. The molecule has 7 atom stereocenters. The highest BCUT2D eigenvalue weighted by atomic mass is 16.2. The Hall–Kier alpha value is -0.650. The van der Waals surface area contributed by atoms with Crippen LogP contribution in [0, 0.1) is 23.7 Å². The third-order valence-corrected chi connectivity index (χ3v) is 10.0. The van der Waals surface area contributed by atoms with Crippen molar-refractivity contribution in [3.8, 4) is 0 Å². The van der Waals surface area contributed by atoms with Crippen molar-refractivity contribution in [2.45, 2.75) is 127 Å². The van der Waals surface area contributed by atoms with Gasteiger partial charge in [-0.25, -0.2) is 0 Å². The Morgan fingerprint density at radius 2 is 1.55 bits per heavy atom. The number of fused-ring (bicyclic) bond motifs is 2. The first kappa shape index (κ1) is 22.2. The number of carbonyl (C=O) groups excluding carboxylic acids is 1. The van der Waals surface area contributed by atoms with E-state index in [1.807, 2.05) is 0 Å². The molecule has 1 amide bonds. The molecule has 0 aromatic heterocycles. The Kier molecular flexibility index (Phi) is 6.92. The summed E-state index contributed by atoms with van der Waals surface area (Å²) in [5, 5.41) is 3.48. The lowest BCUT2D eigenvalue weighted by Crippen LogP contribution is -2.55. The van der Waals surface area contributed by atoms with Crippen LogP contribution in [0.15, 0.2) is 0 Å². The second-order valence-corrected chi connectivity index (χ2v) is 11.8. The normalized spacial score (nSPS) is 46.2. The highest BCUT2D eigenvalue weighted by molar-refractivity contribution is 5.82. The zero-order chi connectivity index (χ0) is 21.4. The molecule has 5 aliphatic rings. The molecule has 5 nitrogen and oxygen atoms in total. The first-order chi connectivity index (χ1) is 15.1. The van der Waals surface area contributed by atoms with Crippen LogP contribution in [0.2, 0.25) is 0 Å². The van der Waals surface area contributed by atoms with Crippen LogP contribution in [0.25, 0.3) is 0 Å². The Morgan fingerprint density at radius 3 is 2.32 bits per heavy atom. The lowest BCUT2D eigenvalue weighted by molar-refractivity contribution is -0.128. The molecule has 1 aliphatic heterocycles. The SMILES string of the molecule is NCC1CCC2CC(C(=O)NC3CCC(N)CC3)N(C3CCC4CCCCC4C3)C2C1. The van der Waals surface area contributed by atoms with Crippen molar-refractivity contribution in [1.82, 2.24) is 10.2 Å². The molecular formula is C26H46N4O. The summed E-state index contributed by atoms with van der Waals surface area (Å²) in [6.07, 6.45) is 18.8. The summed E-state index contributed by atoms with van der Waals surface area (Å²) in [4.78, 5) is 16.4. The zero-order valence-electron chi connectivity index (χ0n) is 19.5. The van der Waals surface area contributed by atoms with Crippen LogP contribution in [-0.4, -0.2) is 47.6 Å².